The van der Waals surface area contributed by atoms with Gasteiger partial charge in [-0.05, 0) is 13.3 Å². The Balaban J connectivity index is 2.27. The summed E-state index contributed by atoms with van der Waals surface area (Å²) in [6.07, 6.45) is 4.52. The van der Waals surface area contributed by atoms with Crippen molar-refractivity contribution in [1.29, 1.82) is 0 Å². The number of aryl methyl sites for hydroxylation is 1. The van der Waals surface area contributed by atoms with Crippen molar-refractivity contribution in [3.05, 3.63) is 18.2 Å². The van der Waals surface area contributed by atoms with Gasteiger partial charge in [-0.15, -0.1) is 0 Å². The Bertz CT molecular complexity index is 260. The Kier molecular flexibility index (Phi) is 4.62. The smallest absolute Gasteiger partial charge is 0.110 e. The zero-order valence-corrected chi connectivity index (χ0v) is 8.81. The van der Waals surface area contributed by atoms with E-state index in [4.69, 9.17) is 4.74 Å². The molecule has 1 unspecified atom stereocenters. The molecule has 0 fully saturated rings. The molecule has 0 aliphatic carbocycles. The maximum atomic E-state index is 9.64. The molecule has 1 N–H and O–H groups in total. The van der Waals surface area contributed by atoms with Gasteiger partial charge in [-0.3, -0.25) is 0 Å². The lowest BCUT2D eigenvalue weighted by atomic mass is 10.2. The standard InChI is InChI=1S/C10H18N2O2/c1-3-14-7-4-9(13)8-10-11-5-6-12(10)2/h5-6,9,13H,3-4,7-8H2,1-2H3. The van der Waals surface area contributed by atoms with E-state index in [0.29, 0.717) is 26.1 Å². The topological polar surface area (TPSA) is 47.3 Å². The molecule has 14 heavy (non-hydrogen) atoms. The third-order valence-electron chi connectivity index (χ3n) is 2.14. The van der Waals surface area contributed by atoms with E-state index in [1.54, 1.807) is 6.20 Å². The molecule has 1 aromatic heterocycles. The first-order chi connectivity index (χ1) is 6.74. The van der Waals surface area contributed by atoms with Crippen LogP contribution in [0, 0.1) is 0 Å². The highest BCUT2D eigenvalue weighted by molar-refractivity contribution is 4.92. The summed E-state index contributed by atoms with van der Waals surface area (Å²) in [5.74, 6) is 0.911. The van der Waals surface area contributed by atoms with E-state index >= 15 is 0 Å². The van der Waals surface area contributed by atoms with E-state index in [1.807, 2.05) is 24.7 Å². The van der Waals surface area contributed by atoms with Crippen molar-refractivity contribution in [2.24, 2.45) is 7.05 Å². The van der Waals surface area contributed by atoms with Gasteiger partial charge in [-0.2, -0.15) is 0 Å². The number of hydrogen-bond acceptors (Lipinski definition) is 3. The van der Waals surface area contributed by atoms with Crippen molar-refractivity contribution >= 4 is 0 Å². The summed E-state index contributed by atoms with van der Waals surface area (Å²) in [4.78, 5) is 4.15. The van der Waals surface area contributed by atoms with Crippen LogP contribution in [0.3, 0.4) is 0 Å². The zero-order chi connectivity index (χ0) is 10.4. The summed E-state index contributed by atoms with van der Waals surface area (Å²) in [5.41, 5.74) is 0. The fourth-order valence-corrected chi connectivity index (χ4v) is 1.27. The number of aromatic nitrogens is 2. The monoisotopic (exact) mass is 198 g/mol. The average molecular weight is 198 g/mol. The van der Waals surface area contributed by atoms with Crippen molar-refractivity contribution < 1.29 is 9.84 Å². The van der Waals surface area contributed by atoms with Gasteiger partial charge < -0.3 is 14.4 Å². The number of imidazole rings is 1. The van der Waals surface area contributed by atoms with E-state index in [2.05, 4.69) is 4.98 Å². The van der Waals surface area contributed by atoms with Gasteiger partial charge in [0.2, 0.25) is 0 Å². The number of aliphatic hydroxyl groups excluding tert-OH is 1. The third-order valence-corrected chi connectivity index (χ3v) is 2.14. The normalized spacial score (nSPS) is 13.1. The van der Waals surface area contributed by atoms with Crippen LogP contribution in [0.1, 0.15) is 19.2 Å². The van der Waals surface area contributed by atoms with E-state index in [1.165, 1.54) is 0 Å². The quantitative estimate of drug-likeness (QED) is 0.686. The second-order valence-electron chi connectivity index (χ2n) is 3.30. The van der Waals surface area contributed by atoms with Gasteiger partial charge in [0.05, 0.1) is 6.10 Å². The van der Waals surface area contributed by atoms with Crippen molar-refractivity contribution in [1.82, 2.24) is 9.55 Å². The van der Waals surface area contributed by atoms with Crippen molar-refractivity contribution in [2.75, 3.05) is 13.2 Å². The lowest BCUT2D eigenvalue weighted by molar-refractivity contribution is 0.0874. The molecule has 0 aliphatic rings. The summed E-state index contributed by atoms with van der Waals surface area (Å²) in [5, 5.41) is 9.64. The third kappa shape index (κ3) is 3.47. The minimum absolute atomic E-state index is 0.359. The second-order valence-corrected chi connectivity index (χ2v) is 3.30. The van der Waals surface area contributed by atoms with Gasteiger partial charge in [0.15, 0.2) is 0 Å². The molecule has 1 aromatic rings. The SMILES string of the molecule is CCOCCC(O)Cc1nccn1C. The number of rotatable bonds is 6. The predicted octanol–water partition coefficient (Wildman–Crippen LogP) is 0.750. The highest BCUT2D eigenvalue weighted by atomic mass is 16.5. The molecule has 0 aliphatic heterocycles. The summed E-state index contributed by atoms with van der Waals surface area (Å²) in [6.45, 7) is 3.27. The molecular formula is C10H18N2O2. The minimum atomic E-state index is -0.359. The Morgan fingerprint density at radius 3 is 3.00 bits per heavy atom. The first-order valence-corrected chi connectivity index (χ1v) is 4.96. The fourth-order valence-electron chi connectivity index (χ4n) is 1.27. The van der Waals surface area contributed by atoms with Gasteiger partial charge in [0, 0.05) is 39.1 Å². The number of nitrogens with zero attached hydrogens (tertiary/aromatic N) is 2. The first kappa shape index (κ1) is 11.2. The molecule has 0 saturated heterocycles. The van der Waals surface area contributed by atoms with Gasteiger partial charge in [-0.25, -0.2) is 4.98 Å². The van der Waals surface area contributed by atoms with Crippen molar-refractivity contribution in [3.8, 4) is 0 Å². The highest BCUT2D eigenvalue weighted by Gasteiger charge is 2.08. The van der Waals surface area contributed by atoms with Gasteiger partial charge in [-0.1, -0.05) is 0 Å². The fraction of sp³-hybridized carbons (Fsp3) is 0.700. The summed E-state index contributed by atoms with van der Waals surface area (Å²) >= 11 is 0. The summed E-state index contributed by atoms with van der Waals surface area (Å²) in [7, 11) is 1.93. The van der Waals surface area contributed by atoms with Crippen LogP contribution in [0.2, 0.25) is 0 Å². The van der Waals surface area contributed by atoms with E-state index in [9.17, 15) is 5.11 Å². The Labute approximate surface area is 84.5 Å². The van der Waals surface area contributed by atoms with Crippen LogP contribution in [0.4, 0.5) is 0 Å². The van der Waals surface area contributed by atoms with Crippen LogP contribution in [0.5, 0.6) is 0 Å². The van der Waals surface area contributed by atoms with Crippen LogP contribution in [0.15, 0.2) is 12.4 Å². The lowest BCUT2D eigenvalue weighted by Gasteiger charge is -2.09. The highest BCUT2D eigenvalue weighted by Crippen LogP contribution is 2.03. The van der Waals surface area contributed by atoms with Gasteiger partial charge >= 0.3 is 0 Å². The van der Waals surface area contributed by atoms with Crippen LogP contribution in [0.25, 0.3) is 0 Å². The summed E-state index contributed by atoms with van der Waals surface area (Å²) in [6, 6.07) is 0. The summed E-state index contributed by atoms with van der Waals surface area (Å²) < 4.78 is 7.09. The average Bonchev–Trinajstić information content (AvgIpc) is 2.52. The molecule has 1 atom stereocenters. The molecule has 0 saturated carbocycles. The molecule has 4 heteroatoms. The van der Waals surface area contributed by atoms with Crippen LogP contribution < -0.4 is 0 Å². The van der Waals surface area contributed by atoms with E-state index < -0.39 is 0 Å². The molecule has 1 rings (SSSR count). The lowest BCUT2D eigenvalue weighted by Crippen LogP contribution is -2.16. The number of ether oxygens (including phenoxy) is 1. The molecule has 0 radical (unpaired) electrons. The molecule has 0 amide bonds. The second kappa shape index (κ2) is 5.78. The predicted molar refractivity (Wildman–Crippen MR) is 54.0 cm³/mol. The van der Waals surface area contributed by atoms with E-state index in [0.717, 1.165) is 5.82 Å². The van der Waals surface area contributed by atoms with Crippen molar-refractivity contribution in [3.63, 3.8) is 0 Å². The van der Waals surface area contributed by atoms with Gasteiger partial charge in [0.1, 0.15) is 5.82 Å². The Hall–Kier alpha value is -0.870. The van der Waals surface area contributed by atoms with E-state index in [-0.39, 0.29) is 6.10 Å². The number of hydrogen-bond donors (Lipinski definition) is 1. The molecule has 0 aromatic carbocycles. The first-order valence-electron chi connectivity index (χ1n) is 4.96. The molecule has 80 valence electrons. The largest absolute Gasteiger partial charge is 0.393 e. The molecule has 0 spiro atoms. The minimum Gasteiger partial charge on any atom is -0.393 e. The van der Waals surface area contributed by atoms with Crippen LogP contribution in [-0.4, -0.2) is 34.0 Å². The molecule has 1 heterocycles. The Morgan fingerprint density at radius 2 is 2.43 bits per heavy atom. The Morgan fingerprint density at radius 1 is 1.64 bits per heavy atom. The molecule has 0 bridgehead atoms. The maximum absolute atomic E-state index is 9.64. The van der Waals surface area contributed by atoms with Crippen molar-refractivity contribution in [2.45, 2.75) is 25.9 Å². The van der Waals surface area contributed by atoms with Crippen LogP contribution in [-0.2, 0) is 18.2 Å². The van der Waals surface area contributed by atoms with Gasteiger partial charge in [0.25, 0.3) is 0 Å². The van der Waals surface area contributed by atoms with Crippen LogP contribution >= 0.6 is 0 Å². The zero-order valence-electron chi connectivity index (χ0n) is 8.81. The number of aliphatic hydroxyl groups is 1. The molecular weight excluding hydrogens is 180 g/mol. The molecule has 4 nitrogen and oxygen atoms in total. The maximum Gasteiger partial charge on any atom is 0.110 e.